The molecule has 6 rings (SSSR count). The van der Waals surface area contributed by atoms with Gasteiger partial charge in [0.25, 0.3) is 11.8 Å². The number of nitriles is 1. The van der Waals surface area contributed by atoms with Gasteiger partial charge in [0.15, 0.2) is 0 Å². The number of ether oxygens (including phenoxy) is 2. The van der Waals surface area contributed by atoms with Gasteiger partial charge in [0.05, 0.1) is 76.6 Å². The van der Waals surface area contributed by atoms with Crippen molar-refractivity contribution >= 4 is 70.2 Å². The summed E-state index contributed by atoms with van der Waals surface area (Å²) in [5, 5.41) is 49.5. The number of likely N-dealkylation sites (tertiary alicyclic amines) is 1. The van der Waals surface area contributed by atoms with Crippen LogP contribution in [-0.2, 0) is 54.3 Å². The van der Waals surface area contributed by atoms with Crippen LogP contribution in [0.5, 0.6) is 5.75 Å². The number of carboxylic acid groups (broad SMARTS) is 3. The molecule has 3 aliphatic heterocycles. The number of hydrogen-bond acceptors (Lipinski definition) is 19. The Morgan fingerprint density at radius 2 is 1.30 bits per heavy atom. The monoisotopic (exact) mass is 1290 g/mol. The topological polar surface area (TPSA) is 357 Å². The Morgan fingerprint density at radius 3 is 1.89 bits per heavy atom. The number of carboxylic acids is 3. The van der Waals surface area contributed by atoms with Crippen LogP contribution in [0, 0.1) is 18.3 Å². The standard InChI is InChI=1S/C62H85F2N13O15/c1-43-10-12-44(13-11-43)7-5-9-52(78)67-17-6-8-50(69-53(79)38-72-20-22-73(39-55(81)82)24-26-75(41-57(85)86)27-25-74(23-21-72)40-56(83)84)60(89)70-51(34-58(87)91-2)61(90)76-30-28-71(29-31-76)19-3-4-32-92-46-14-15-49-48(33-46)47(16-18-66-49)59(88)68-37-54(80)77-42-62(63,64)35-45(77)36-65/h10-16,18,33,45,50-51H,3-9,17,19-32,34-35,37-42H2,1-2H3,(H,67,78)(H,68,88)(H,69,79)(H,70,89)(H,81,82)(H,83,84)(H,85,86)/t45-,50+,51+/m1/s1. The molecule has 0 unspecified atom stereocenters. The Labute approximate surface area is 532 Å². The van der Waals surface area contributed by atoms with E-state index in [9.17, 15) is 77.3 Å². The van der Waals surface area contributed by atoms with E-state index in [1.807, 2.05) is 31.2 Å². The second-order valence-corrected chi connectivity index (χ2v) is 23.2. The molecule has 6 amide bonds. The second kappa shape index (κ2) is 36.5. The Morgan fingerprint density at radius 1 is 0.707 bits per heavy atom. The van der Waals surface area contributed by atoms with Crippen molar-refractivity contribution in [3.8, 4) is 11.8 Å². The molecule has 3 aliphatic rings. The molecule has 4 heterocycles. The van der Waals surface area contributed by atoms with Crippen LogP contribution in [0.25, 0.3) is 10.9 Å². The van der Waals surface area contributed by atoms with Gasteiger partial charge in [-0.2, -0.15) is 5.26 Å². The van der Waals surface area contributed by atoms with Crippen molar-refractivity contribution in [2.45, 2.75) is 88.8 Å². The first kappa shape index (κ1) is 72.6. The summed E-state index contributed by atoms with van der Waals surface area (Å²) in [6.07, 6.45) is 3.17. The number of methoxy groups -OCH3 is 1. The summed E-state index contributed by atoms with van der Waals surface area (Å²) in [5.41, 5.74) is 2.86. The number of halogens is 2. The molecule has 3 fully saturated rings. The molecule has 0 aliphatic carbocycles. The smallest absolute Gasteiger partial charge is 0.317 e. The third-order valence-corrected chi connectivity index (χ3v) is 16.1. The molecule has 0 radical (unpaired) electrons. The third kappa shape index (κ3) is 24.6. The van der Waals surface area contributed by atoms with Gasteiger partial charge in [-0.25, -0.2) is 8.78 Å². The lowest BCUT2D eigenvalue weighted by Crippen LogP contribution is -2.58. The van der Waals surface area contributed by atoms with Gasteiger partial charge >= 0.3 is 23.9 Å². The van der Waals surface area contributed by atoms with Crippen LogP contribution in [0.2, 0.25) is 0 Å². The number of rotatable bonds is 31. The number of hydrogen-bond donors (Lipinski definition) is 7. The molecule has 502 valence electrons. The summed E-state index contributed by atoms with van der Waals surface area (Å²) in [6, 6.07) is 12.2. The number of aliphatic carboxylic acids is 3. The fourth-order valence-corrected chi connectivity index (χ4v) is 11.0. The number of aryl methyl sites for hydroxylation is 2. The predicted molar refractivity (Wildman–Crippen MR) is 328 cm³/mol. The SMILES string of the molecule is COC(=O)C[C@H](NC(=O)[C@H](CCCNC(=O)CCCc1ccc(C)cc1)NC(=O)CN1CCN(CC(=O)O)CCN(CC(=O)O)CCN(CC(=O)O)CC1)C(=O)N1CCN(CCCCOc2ccc3nccc(C(=O)NCC(=O)N4CC(F)(F)C[C@@H]4C#N)c3c2)CC1. The number of unbranched alkanes of at least 4 members (excludes halogenated alkanes) is 1. The minimum atomic E-state index is -3.20. The van der Waals surface area contributed by atoms with Crippen LogP contribution in [0.1, 0.15) is 72.9 Å². The van der Waals surface area contributed by atoms with Crippen molar-refractivity contribution < 1.29 is 81.5 Å². The molecule has 3 atom stereocenters. The fourth-order valence-electron chi connectivity index (χ4n) is 11.0. The first-order valence-electron chi connectivity index (χ1n) is 30.9. The number of benzene rings is 2. The Hall–Kier alpha value is -8.50. The fraction of sp³-hybridized carbons (Fsp3) is 0.581. The number of esters is 1. The number of nitrogens with one attached hydrogen (secondary N) is 4. The molecule has 7 N–H and O–H groups in total. The number of nitrogens with zero attached hydrogens (tertiary/aromatic N) is 9. The molecule has 0 saturated carbocycles. The molecule has 1 aromatic heterocycles. The van der Waals surface area contributed by atoms with Crippen LogP contribution in [-0.4, -0.2) is 283 Å². The first-order chi connectivity index (χ1) is 44.0. The van der Waals surface area contributed by atoms with Crippen LogP contribution < -0.4 is 26.0 Å². The summed E-state index contributed by atoms with van der Waals surface area (Å²) in [5.74, 6) is -10.5. The minimum Gasteiger partial charge on any atom is -0.494 e. The highest BCUT2D eigenvalue weighted by Crippen LogP contribution is 2.32. The molecule has 28 nitrogen and oxygen atoms in total. The predicted octanol–water partition coefficient (Wildman–Crippen LogP) is 0.263. The summed E-state index contributed by atoms with van der Waals surface area (Å²) in [6.45, 7) is 2.75. The molecule has 92 heavy (non-hydrogen) atoms. The van der Waals surface area contributed by atoms with Crippen molar-refractivity contribution in [1.82, 2.24) is 60.6 Å². The minimum absolute atomic E-state index is 0.0127. The van der Waals surface area contributed by atoms with Gasteiger partial charge < -0.3 is 55.9 Å². The number of pyridine rings is 1. The number of alkyl halides is 2. The maximum absolute atomic E-state index is 14.4. The maximum Gasteiger partial charge on any atom is 0.317 e. The number of amides is 6. The Kier molecular flexibility index (Phi) is 28.8. The number of fused-ring (bicyclic) bond motifs is 1. The molecule has 0 bridgehead atoms. The van der Waals surface area contributed by atoms with Gasteiger partial charge in [-0.3, -0.25) is 77.4 Å². The van der Waals surface area contributed by atoms with E-state index in [-0.39, 0.29) is 129 Å². The number of carbonyl (C=O) groups is 10. The van der Waals surface area contributed by atoms with Gasteiger partial charge in [0.1, 0.15) is 23.9 Å². The lowest BCUT2D eigenvalue weighted by Gasteiger charge is -2.36. The number of piperazine rings is 1. The number of carbonyl (C=O) groups excluding carboxylic acids is 7. The Bertz CT molecular complexity index is 3040. The van der Waals surface area contributed by atoms with Crippen LogP contribution >= 0.6 is 0 Å². The van der Waals surface area contributed by atoms with E-state index < -0.39 is 103 Å². The highest BCUT2D eigenvalue weighted by Gasteiger charge is 2.47. The van der Waals surface area contributed by atoms with Crippen molar-refractivity contribution in [3.05, 3.63) is 71.4 Å². The summed E-state index contributed by atoms with van der Waals surface area (Å²) in [7, 11) is 1.15. The second-order valence-electron chi connectivity index (χ2n) is 23.2. The van der Waals surface area contributed by atoms with E-state index in [1.165, 1.54) is 17.2 Å². The molecule has 3 aromatic rings. The number of aromatic nitrogens is 1. The molecular weight excluding hydrogens is 1200 g/mol. The van der Waals surface area contributed by atoms with Gasteiger partial charge in [-0.15, -0.1) is 0 Å². The Balaban J connectivity index is 1.04. The molecule has 2 aromatic carbocycles. The van der Waals surface area contributed by atoms with Crippen molar-refractivity contribution in [3.63, 3.8) is 0 Å². The van der Waals surface area contributed by atoms with Gasteiger partial charge in [0.2, 0.25) is 29.5 Å². The highest BCUT2D eigenvalue weighted by atomic mass is 19.3. The van der Waals surface area contributed by atoms with Crippen LogP contribution in [0.4, 0.5) is 8.78 Å². The average molecular weight is 1290 g/mol. The quantitative estimate of drug-likeness (QED) is 0.0336. The average Bonchev–Trinajstić information content (AvgIpc) is 1.18. The first-order valence-corrected chi connectivity index (χ1v) is 30.9. The zero-order valence-electron chi connectivity index (χ0n) is 52.2. The highest BCUT2D eigenvalue weighted by molar-refractivity contribution is 6.07. The van der Waals surface area contributed by atoms with E-state index >= 15 is 0 Å². The van der Waals surface area contributed by atoms with Gasteiger partial charge in [-0.05, 0) is 81.8 Å². The molecule has 30 heteroatoms. The third-order valence-electron chi connectivity index (χ3n) is 16.1. The summed E-state index contributed by atoms with van der Waals surface area (Å²) in [4.78, 5) is 145. The lowest BCUT2D eigenvalue weighted by atomic mass is 10.1. The van der Waals surface area contributed by atoms with E-state index in [2.05, 4.69) is 31.2 Å². The van der Waals surface area contributed by atoms with Crippen LogP contribution in [0.3, 0.4) is 0 Å². The van der Waals surface area contributed by atoms with Gasteiger partial charge in [-0.1, -0.05) is 29.8 Å². The van der Waals surface area contributed by atoms with Crippen LogP contribution in [0.15, 0.2) is 54.7 Å². The molecular formula is C62H85F2N13O15. The summed E-state index contributed by atoms with van der Waals surface area (Å²) < 4.78 is 38.9. The van der Waals surface area contributed by atoms with E-state index in [0.29, 0.717) is 68.6 Å². The molecule has 0 spiro atoms. The van der Waals surface area contributed by atoms with E-state index in [0.717, 1.165) is 23.1 Å². The van der Waals surface area contributed by atoms with E-state index in [1.54, 1.807) is 43.9 Å². The lowest BCUT2D eigenvalue weighted by molar-refractivity contribution is -0.147. The summed E-state index contributed by atoms with van der Waals surface area (Å²) >= 11 is 0. The van der Waals surface area contributed by atoms with E-state index in [4.69, 9.17) is 9.47 Å². The normalized spacial score (nSPS) is 17.8. The maximum atomic E-state index is 14.4. The molecule has 3 saturated heterocycles. The van der Waals surface area contributed by atoms with Crippen molar-refractivity contribution in [1.29, 1.82) is 5.26 Å². The van der Waals surface area contributed by atoms with Crippen molar-refractivity contribution in [2.24, 2.45) is 0 Å². The van der Waals surface area contributed by atoms with Crippen molar-refractivity contribution in [2.75, 3.05) is 145 Å². The zero-order valence-corrected chi connectivity index (χ0v) is 52.2. The zero-order chi connectivity index (χ0) is 66.7. The largest absolute Gasteiger partial charge is 0.494 e. The van der Waals surface area contributed by atoms with Gasteiger partial charge in [0, 0.05) is 110 Å².